The molecular weight excluding hydrogens is 322 g/mol. The molecule has 3 rings (SSSR count). The molecule has 0 aliphatic carbocycles. The summed E-state index contributed by atoms with van der Waals surface area (Å²) in [6.07, 6.45) is 1.53. The molecule has 0 radical (unpaired) electrons. The second-order valence-corrected chi connectivity index (χ2v) is 5.73. The summed E-state index contributed by atoms with van der Waals surface area (Å²) in [6.45, 7) is 2.04. The van der Waals surface area contributed by atoms with Crippen molar-refractivity contribution in [3.63, 3.8) is 0 Å². The van der Waals surface area contributed by atoms with Crippen molar-refractivity contribution in [2.45, 2.75) is 6.92 Å². The highest BCUT2D eigenvalue weighted by atomic mass is 35.5. The number of aromatic nitrogens is 2. The summed E-state index contributed by atoms with van der Waals surface area (Å²) in [5.74, 6) is 0.365. The molecule has 2 aromatic heterocycles. The maximum absolute atomic E-state index is 11.6. The number of anilines is 2. The van der Waals surface area contributed by atoms with Crippen molar-refractivity contribution in [1.29, 1.82) is 0 Å². The molecule has 1 aromatic carbocycles. The minimum atomic E-state index is -0.363. The molecule has 0 saturated heterocycles. The Morgan fingerprint density at radius 1 is 1.27 bits per heavy atom. The van der Waals surface area contributed by atoms with E-state index in [2.05, 4.69) is 15.3 Å². The van der Waals surface area contributed by atoms with E-state index < -0.39 is 0 Å². The van der Waals surface area contributed by atoms with Gasteiger partial charge in [-0.25, -0.2) is 14.8 Å². The Morgan fingerprint density at radius 2 is 2.09 bits per heavy atom. The second-order valence-electron chi connectivity index (χ2n) is 4.50. The van der Waals surface area contributed by atoms with E-state index in [-0.39, 0.29) is 18.4 Å². The van der Waals surface area contributed by atoms with E-state index in [1.165, 1.54) is 18.3 Å². The largest absolute Gasteiger partial charge is 1.00 e. The third-order valence-electron chi connectivity index (χ3n) is 3.00. The van der Waals surface area contributed by atoms with Gasteiger partial charge in [0.1, 0.15) is 17.0 Å². The van der Waals surface area contributed by atoms with Crippen LogP contribution in [0.5, 0.6) is 0 Å². The molecule has 22 heavy (non-hydrogen) atoms. The number of nitrogens with zero attached hydrogens (tertiary/aromatic N) is 2. The lowest BCUT2D eigenvalue weighted by Crippen LogP contribution is -3.00. The quantitative estimate of drug-likeness (QED) is 0.708. The van der Waals surface area contributed by atoms with Crippen LogP contribution in [0.25, 0.3) is 10.2 Å². The molecule has 0 aliphatic heterocycles. The highest BCUT2D eigenvalue weighted by molar-refractivity contribution is 7.18. The van der Waals surface area contributed by atoms with Crippen molar-refractivity contribution >= 4 is 39.0 Å². The predicted octanol–water partition coefficient (Wildman–Crippen LogP) is 0.534. The molecule has 5 nitrogen and oxygen atoms in total. The standard InChI is InChI=1S/C15H13N3O2S.ClH/c1-9-6-12-13(16-8-17-14(12)21-9)18-11-5-3-4-10(7-11)15(19)20-2;/h3-8H,1-2H3,(H,16,17,18);1H/p-1. The maximum atomic E-state index is 11.6. The Morgan fingerprint density at radius 3 is 2.86 bits per heavy atom. The molecule has 7 heteroatoms. The van der Waals surface area contributed by atoms with Crippen LogP contribution in [0.4, 0.5) is 11.5 Å². The molecule has 0 saturated carbocycles. The zero-order valence-corrected chi connectivity index (χ0v) is 13.5. The van der Waals surface area contributed by atoms with E-state index >= 15 is 0 Å². The average Bonchev–Trinajstić information content (AvgIpc) is 2.88. The molecule has 0 aliphatic rings. The number of ether oxygens (including phenoxy) is 1. The van der Waals surface area contributed by atoms with Crippen molar-refractivity contribution in [3.8, 4) is 0 Å². The lowest BCUT2D eigenvalue weighted by molar-refractivity contribution is -0.0000188. The molecule has 0 amide bonds. The fraction of sp³-hybridized carbons (Fsp3) is 0.133. The number of benzene rings is 1. The Bertz CT molecular complexity index is 819. The summed E-state index contributed by atoms with van der Waals surface area (Å²) in [4.78, 5) is 22.2. The number of hydrogen-bond acceptors (Lipinski definition) is 6. The number of methoxy groups -OCH3 is 1. The fourth-order valence-electron chi connectivity index (χ4n) is 2.05. The van der Waals surface area contributed by atoms with Gasteiger partial charge in [-0.05, 0) is 31.2 Å². The highest BCUT2D eigenvalue weighted by Gasteiger charge is 2.09. The zero-order chi connectivity index (χ0) is 14.8. The van der Waals surface area contributed by atoms with Gasteiger partial charge in [-0.15, -0.1) is 11.3 Å². The molecule has 0 unspecified atom stereocenters. The van der Waals surface area contributed by atoms with E-state index in [4.69, 9.17) is 4.74 Å². The number of nitrogens with one attached hydrogen (secondary N) is 1. The molecule has 0 spiro atoms. The van der Waals surface area contributed by atoms with Crippen molar-refractivity contribution < 1.29 is 21.9 Å². The molecule has 0 fully saturated rings. The summed E-state index contributed by atoms with van der Waals surface area (Å²) < 4.78 is 4.72. The number of esters is 1. The average molecular weight is 335 g/mol. The molecule has 3 aromatic rings. The van der Waals surface area contributed by atoms with Crippen LogP contribution < -0.4 is 17.7 Å². The normalized spacial score (nSPS) is 10.1. The SMILES string of the molecule is COC(=O)c1cccc(Nc2ncnc3sc(C)cc23)c1.[Cl-]. The van der Waals surface area contributed by atoms with Crippen LogP contribution in [0, 0.1) is 6.92 Å². The zero-order valence-electron chi connectivity index (χ0n) is 12.0. The number of aryl methyl sites for hydroxylation is 1. The van der Waals surface area contributed by atoms with Crippen LogP contribution in [0.1, 0.15) is 15.2 Å². The molecule has 114 valence electrons. The molecule has 1 N–H and O–H groups in total. The van der Waals surface area contributed by atoms with Gasteiger partial charge in [0.05, 0.1) is 18.1 Å². The first-order valence-corrected chi connectivity index (χ1v) is 7.15. The lowest BCUT2D eigenvalue weighted by Gasteiger charge is -2.07. The number of carbonyl (C=O) groups excluding carboxylic acids is 1. The lowest BCUT2D eigenvalue weighted by atomic mass is 10.2. The Kier molecular flexibility index (Phi) is 4.95. The Hall–Kier alpha value is -2.18. The van der Waals surface area contributed by atoms with Crippen LogP contribution in [0.3, 0.4) is 0 Å². The third kappa shape index (κ3) is 3.18. The van der Waals surface area contributed by atoms with Crippen LogP contribution in [-0.2, 0) is 4.74 Å². The van der Waals surface area contributed by atoms with Gasteiger partial charge in [-0.2, -0.15) is 0 Å². The van der Waals surface area contributed by atoms with Crippen LogP contribution in [-0.4, -0.2) is 23.0 Å². The summed E-state index contributed by atoms with van der Waals surface area (Å²) in [6, 6.07) is 9.16. The van der Waals surface area contributed by atoms with Crippen molar-refractivity contribution in [2.75, 3.05) is 12.4 Å². The van der Waals surface area contributed by atoms with Gasteiger partial charge < -0.3 is 22.5 Å². The number of hydrogen-bond donors (Lipinski definition) is 1. The highest BCUT2D eigenvalue weighted by Crippen LogP contribution is 2.29. The minimum Gasteiger partial charge on any atom is -1.00 e. The van der Waals surface area contributed by atoms with Crippen LogP contribution in [0.15, 0.2) is 36.7 Å². The van der Waals surface area contributed by atoms with Gasteiger partial charge in [0, 0.05) is 10.6 Å². The third-order valence-corrected chi connectivity index (χ3v) is 3.96. The molecule has 2 heterocycles. The second kappa shape index (κ2) is 6.72. The van der Waals surface area contributed by atoms with Gasteiger partial charge in [0.2, 0.25) is 0 Å². The van der Waals surface area contributed by atoms with E-state index in [0.29, 0.717) is 5.56 Å². The summed E-state index contributed by atoms with van der Waals surface area (Å²) >= 11 is 1.62. The molecular formula is C15H13ClN3O2S-. The fourth-order valence-corrected chi connectivity index (χ4v) is 2.90. The number of fused-ring (bicyclic) bond motifs is 1. The Balaban J connectivity index is 0.00000176. The van der Waals surface area contributed by atoms with Crippen molar-refractivity contribution in [2.24, 2.45) is 0 Å². The van der Waals surface area contributed by atoms with E-state index in [9.17, 15) is 4.79 Å². The van der Waals surface area contributed by atoms with Gasteiger partial charge in [0.25, 0.3) is 0 Å². The van der Waals surface area contributed by atoms with Gasteiger partial charge >= 0.3 is 5.97 Å². The molecule has 0 atom stereocenters. The van der Waals surface area contributed by atoms with Crippen molar-refractivity contribution in [1.82, 2.24) is 9.97 Å². The summed E-state index contributed by atoms with van der Waals surface area (Å²) in [7, 11) is 1.37. The number of halogens is 1. The van der Waals surface area contributed by atoms with Crippen molar-refractivity contribution in [3.05, 3.63) is 47.1 Å². The summed E-state index contributed by atoms with van der Waals surface area (Å²) in [5, 5.41) is 4.20. The number of rotatable bonds is 3. The monoisotopic (exact) mass is 334 g/mol. The van der Waals surface area contributed by atoms with E-state index in [1.54, 1.807) is 29.5 Å². The van der Waals surface area contributed by atoms with E-state index in [0.717, 1.165) is 21.7 Å². The Labute approximate surface area is 137 Å². The van der Waals surface area contributed by atoms with Gasteiger partial charge in [-0.3, -0.25) is 0 Å². The van der Waals surface area contributed by atoms with Gasteiger partial charge in [-0.1, -0.05) is 6.07 Å². The predicted molar refractivity (Wildman–Crippen MR) is 83.2 cm³/mol. The molecule has 0 bridgehead atoms. The summed E-state index contributed by atoms with van der Waals surface area (Å²) in [5.41, 5.74) is 1.27. The first-order chi connectivity index (χ1) is 10.2. The maximum Gasteiger partial charge on any atom is 0.337 e. The number of carbonyl (C=O) groups is 1. The minimum absolute atomic E-state index is 0. The number of thiophene rings is 1. The van der Waals surface area contributed by atoms with Gasteiger partial charge in [0.15, 0.2) is 0 Å². The van der Waals surface area contributed by atoms with E-state index in [1.807, 2.05) is 19.1 Å². The smallest absolute Gasteiger partial charge is 0.337 e. The first kappa shape index (κ1) is 16.2. The van der Waals surface area contributed by atoms with Crippen LogP contribution in [0.2, 0.25) is 0 Å². The first-order valence-electron chi connectivity index (χ1n) is 6.34. The topological polar surface area (TPSA) is 64.1 Å². The van der Waals surface area contributed by atoms with Crippen LogP contribution >= 0.6 is 11.3 Å².